The van der Waals surface area contributed by atoms with Gasteiger partial charge < -0.3 is 4.74 Å². The Kier molecular flexibility index (Phi) is 5.11. The molecule has 0 spiro atoms. The predicted molar refractivity (Wildman–Crippen MR) is 81.4 cm³/mol. The van der Waals surface area contributed by atoms with Crippen molar-refractivity contribution in [3.63, 3.8) is 0 Å². The Labute approximate surface area is 124 Å². The zero-order chi connectivity index (χ0) is 15.1. The number of ether oxygens (including phenoxy) is 1. The Morgan fingerprint density at radius 1 is 1.19 bits per heavy atom. The molecule has 21 heavy (non-hydrogen) atoms. The van der Waals surface area contributed by atoms with Crippen molar-refractivity contribution in [1.82, 2.24) is 0 Å². The Morgan fingerprint density at radius 2 is 1.95 bits per heavy atom. The number of ketones is 1. The van der Waals surface area contributed by atoms with Crippen molar-refractivity contribution in [3.05, 3.63) is 65.2 Å². The molecule has 0 aliphatic rings. The maximum Gasteiger partial charge on any atom is 0.163 e. The highest BCUT2D eigenvalue weighted by atomic mass is 16.5. The van der Waals surface area contributed by atoms with Crippen molar-refractivity contribution in [2.45, 2.75) is 19.8 Å². The van der Waals surface area contributed by atoms with Crippen molar-refractivity contribution >= 4 is 5.78 Å². The maximum absolute atomic E-state index is 11.9. The van der Waals surface area contributed by atoms with Crippen molar-refractivity contribution in [2.75, 3.05) is 6.61 Å². The van der Waals surface area contributed by atoms with E-state index in [1.807, 2.05) is 43.3 Å². The Bertz CT molecular complexity index is 657. The summed E-state index contributed by atoms with van der Waals surface area (Å²) in [5, 5.41) is 8.87. The van der Waals surface area contributed by atoms with Crippen molar-refractivity contribution < 1.29 is 9.53 Å². The Balaban J connectivity index is 1.83. The third-order valence-electron chi connectivity index (χ3n) is 3.22. The zero-order valence-corrected chi connectivity index (χ0v) is 12.0. The van der Waals surface area contributed by atoms with Gasteiger partial charge in [-0.2, -0.15) is 5.26 Å². The smallest absolute Gasteiger partial charge is 0.163 e. The topological polar surface area (TPSA) is 50.1 Å². The molecule has 0 unspecified atom stereocenters. The molecule has 0 atom stereocenters. The lowest BCUT2D eigenvalue weighted by Gasteiger charge is -2.09. The normalized spacial score (nSPS) is 9.90. The second-order valence-corrected chi connectivity index (χ2v) is 4.83. The highest BCUT2D eigenvalue weighted by Gasteiger charge is 2.06. The first kappa shape index (κ1) is 14.8. The fourth-order valence-electron chi connectivity index (χ4n) is 2.01. The molecule has 0 saturated heterocycles. The lowest BCUT2D eigenvalue weighted by atomic mass is 10.1. The Morgan fingerprint density at radius 3 is 2.67 bits per heavy atom. The second kappa shape index (κ2) is 7.25. The summed E-state index contributed by atoms with van der Waals surface area (Å²) in [6, 6.07) is 16.7. The molecule has 0 fully saturated rings. The number of aryl methyl sites for hydroxylation is 1. The first-order chi connectivity index (χ1) is 10.2. The number of Topliss-reactive ketones (excluding diaryl/α,β-unsaturated/α-hetero) is 1. The SMILES string of the molecule is Cc1ccc(C#N)cc1OCCCC(=O)c1ccccc1. The highest BCUT2D eigenvalue weighted by molar-refractivity contribution is 5.95. The van der Waals surface area contributed by atoms with Crippen LogP contribution in [0.4, 0.5) is 0 Å². The molecule has 2 aromatic carbocycles. The summed E-state index contributed by atoms with van der Waals surface area (Å²) in [7, 11) is 0. The van der Waals surface area contributed by atoms with E-state index in [2.05, 4.69) is 6.07 Å². The lowest BCUT2D eigenvalue weighted by molar-refractivity contribution is 0.0973. The van der Waals surface area contributed by atoms with E-state index in [-0.39, 0.29) is 5.78 Å². The molecule has 0 aromatic heterocycles. The predicted octanol–water partition coefficient (Wildman–Crippen LogP) is 3.91. The third kappa shape index (κ3) is 4.19. The molecule has 0 saturated carbocycles. The van der Waals surface area contributed by atoms with E-state index >= 15 is 0 Å². The van der Waals surface area contributed by atoms with E-state index in [1.165, 1.54) is 0 Å². The van der Waals surface area contributed by atoms with Crippen LogP contribution in [0, 0.1) is 18.3 Å². The molecule has 0 N–H and O–H groups in total. The van der Waals surface area contributed by atoms with Gasteiger partial charge in [0.2, 0.25) is 0 Å². The minimum atomic E-state index is 0.127. The van der Waals surface area contributed by atoms with Gasteiger partial charge in [0.1, 0.15) is 5.75 Å². The van der Waals surface area contributed by atoms with Crippen LogP contribution >= 0.6 is 0 Å². The summed E-state index contributed by atoms with van der Waals surface area (Å²) in [5.74, 6) is 0.836. The minimum Gasteiger partial charge on any atom is -0.493 e. The van der Waals surface area contributed by atoms with Crippen LogP contribution in [0.5, 0.6) is 5.75 Å². The zero-order valence-electron chi connectivity index (χ0n) is 12.0. The molecule has 2 aromatic rings. The fourth-order valence-corrected chi connectivity index (χ4v) is 2.01. The van der Waals surface area contributed by atoms with Gasteiger partial charge in [-0.15, -0.1) is 0 Å². The van der Waals surface area contributed by atoms with Gasteiger partial charge in [-0.3, -0.25) is 4.79 Å². The summed E-state index contributed by atoms with van der Waals surface area (Å²) >= 11 is 0. The summed E-state index contributed by atoms with van der Waals surface area (Å²) < 4.78 is 5.66. The molecule has 0 aliphatic carbocycles. The van der Waals surface area contributed by atoms with E-state index < -0.39 is 0 Å². The van der Waals surface area contributed by atoms with E-state index in [0.29, 0.717) is 30.8 Å². The lowest BCUT2D eigenvalue weighted by Crippen LogP contribution is -2.04. The molecule has 0 bridgehead atoms. The molecule has 0 aliphatic heterocycles. The van der Waals surface area contributed by atoms with Crippen LogP contribution in [0.1, 0.15) is 34.3 Å². The fraction of sp³-hybridized carbons (Fsp3) is 0.222. The van der Waals surface area contributed by atoms with Gasteiger partial charge in [-0.1, -0.05) is 36.4 Å². The number of nitrogens with zero attached hydrogens (tertiary/aromatic N) is 1. The molecule has 0 amide bonds. The largest absolute Gasteiger partial charge is 0.493 e. The van der Waals surface area contributed by atoms with Crippen LogP contribution in [0.25, 0.3) is 0 Å². The number of benzene rings is 2. The number of hydrogen-bond acceptors (Lipinski definition) is 3. The minimum absolute atomic E-state index is 0.127. The number of nitriles is 1. The van der Waals surface area contributed by atoms with Gasteiger partial charge >= 0.3 is 0 Å². The average molecular weight is 279 g/mol. The van der Waals surface area contributed by atoms with Gasteiger partial charge in [-0.05, 0) is 31.0 Å². The average Bonchev–Trinajstić information content (AvgIpc) is 2.53. The third-order valence-corrected chi connectivity index (χ3v) is 3.22. The van der Waals surface area contributed by atoms with Gasteiger partial charge in [0.15, 0.2) is 5.78 Å². The van der Waals surface area contributed by atoms with Crippen LogP contribution < -0.4 is 4.74 Å². The summed E-state index contributed by atoms with van der Waals surface area (Å²) in [6.07, 6.45) is 1.12. The van der Waals surface area contributed by atoms with E-state index in [0.717, 1.165) is 11.1 Å². The van der Waals surface area contributed by atoms with Crippen LogP contribution in [0.2, 0.25) is 0 Å². The van der Waals surface area contributed by atoms with Gasteiger partial charge in [0.25, 0.3) is 0 Å². The molecule has 0 radical (unpaired) electrons. The Hall–Kier alpha value is -2.60. The van der Waals surface area contributed by atoms with E-state index in [9.17, 15) is 4.79 Å². The van der Waals surface area contributed by atoms with Crippen LogP contribution in [0.3, 0.4) is 0 Å². The summed E-state index contributed by atoms with van der Waals surface area (Å²) in [6.45, 7) is 2.40. The molecular weight excluding hydrogens is 262 g/mol. The van der Waals surface area contributed by atoms with Crippen LogP contribution in [0.15, 0.2) is 48.5 Å². The van der Waals surface area contributed by atoms with E-state index in [4.69, 9.17) is 10.00 Å². The number of carbonyl (C=O) groups excluding carboxylic acids is 1. The number of carbonyl (C=O) groups is 1. The van der Waals surface area contributed by atoms with Crippen molar-refractivity contribution in [1.29, 1.82) is 5.26 Å². The first-order valence-corrected chi connectivity index (χ1v) is 6.92. The van der Waals surface area contributed by atoms with Crippen molar-refractivity contribution in [3.8, 4) is 11.8 Å². The van der Waals surface area contributed by atoms with Crippen LogP contribution in [-0.4, -0.2) is 12.4 Å². The van der Waals surface area contributed by atoms with Crippen LogP contribution in [-0.2, 0) is 0 Å². The number of rotatable bonds is 6. The molecule has 0 heterocycles. The maximum atomic E-state index is 11.9. The molecule has 2 rings (SSSR count). The summed E-state index contributed by atoms with van der Waals surface area (Å²) in [5.41, 5.74) is 2.31. The first-order valence-electron chi connectivity index (χ1n) is 6.92. The number of hydrogen-bond donors (Lipinski definition) is 0. The second-order valence-electron chi connectivity index (χ2n) is 4.83. The van der Waals surface area contributed by atoms with Gasteiger partial charge in [-0.25, -0.2) is 0 Å². The summed E-state index contributed by atoms with van der Waals surface area (Å²) in [4.78, 5) is 11.9. The highest BCUT2D eigenvalue weighted by Crippen LogP contribution is 2.19. The van der Waals surface area contributed by atoms with Crippen molar-refractivity contribution in [2.24, 2.45) is 0 Å². The van der Waals surface area contributed by atoms with Gasteiger partial charge in [0.05, 0.1) is 18.2 Å². The monoisotopic (exact) mass is 279 g/mol. The molecular formula is C18H17NO2. The standard InChI is InChI=1S/C18H17NO2/c1-14-9-10-15(13-19)12-18(14)21-11-5-8-17(20)16-6-3-2-4-7-16/h2-4,6-7,9-10,12H,5,8,11H2,1H3. The van der Waals surface area contributed by atoms with E-state index in [1.54, 1.807) is 12.1 Å². The molecule has 106 valence electrons. The molecule has 3 heteroatoms. The quantitative estimate of drug-likeness (QED) is 0.595. The molecule has 3 nitrogen and oxygen atoms in total. The van der Waals surface area contributed by atoms with Gasteiger partial charge in [0, 0.05) is 12.0 Å².